The molecular weight excluding hydrogens is 357 g/mol. The van der Waals surface area contributed by atoms with Crippen molar-refractivity contribution in [3.05, 3.63) is 35.9 Å². The zero-order chi connectivity index (χ0) is 18.1. The van der Waals surface area contributed by atoms with Crippen molar-refractivity contribution in [1.29, 1.82) is 0 Å². The highest BCUT2D eigenvalue weighted by Crippen LogP contribution is 2.24. The van der Waals surface area contributed by atoms with Crippen LogP contribution in [0.25, 0.3) is 11.4 Å². The maximum absolute atomic E-state index is 13.2. The van der Waals surface area contributed by atoms with Crippen LogP contribution in [0.5, 0.6) is 0 Å². The van der Waals surface area contributed by atoms with Crippen LogP contribution in [-0.4, -0.2) is 46.6 Å². The molecule has 1 aromatic heterocycles. The number of fused-ring (bicyclic) bond motifs is 1. The third-order valence-electron chi connectivity index (χ3n) is 5.02. The molecule has 2 aliphatic rings. The molecule has 140 valence electrons. The molecule has 4 rings (SSSR count). The van der Waals surface area contributed by atoms with Crippen molar-refractivity contribution in [3.63, 3.8) is 0 Å². The minimum Gasteiger partial charge on any atom is -0.309 e. The second kappa shape index (κ2) is 7.05. The van der Waals surface area contributed by atoms with Gasteiger partial charge >= 0.3 is 0 Å². The van der Waals surface area contributed by atoms with Gasteiger partial charge in [-0.25, -0.2) is 4.39 Å². The lowest BCUT2D eigenvalue weighted by Crippen LogP contribution is -2.49. The number of piperidine rings is 1. The minimum absolute atomic E-state index is 0.204. The van der Waals surface area contributed by atoms with Crippen molar-refractivity contribution < 1.29 is 12.8 Å². The van der Waals surface area contributed by atoms with E-state index in [0.29, 0.717) is 38.3 Å². The average Bonchev–Trinajstić information content (AvgIpc) is 3.06. The monoisotopic (exact) mass is 379 g/mol. The van der Waals surface area contributed by atoms with E-state index in [1.54, 1.807) is 16.4 Å². The zero-order valence-electron chi connectivity index (χ0n) is 14.4. The van der Waals surface area contributed by atoms with Gasteiger partial charge in [-0.15, -0.1) is 10.2 Å². The van der Waals surface area contributed by atoms with E-state index in [4.69, 9.17) is 0 Å². The van der Waals surface area contributed by atoms with Crippen LogP contribution in [0.2, 0.25) is 0 Å². The number of aryl methyl sites for hydroxylation is 1. The molecule has 1 N–H and O–H groups in total. The summed E-state index contributed by atoms with van der Waals surface area (Å²) in [5.74, 6) is 1.17. The Morgan fingerprint density at radius 2 is 1.81 bits per heavy atom. The predicted molar refractivity (Wildman–Crippen MR) is 95.0 cm³/mol. The topological polar surface area (TPSA) is 80.1 Å². The van der Waals surface area contributed by atoms with Gasteiger partial charge in [0.1, 0.15) is 11.6 Å². The van der Waals surface area contributed by atoms with Crippen molar-refractivity contribution in [2.24, 2.45) is 0 Å². The third kappa shape index (κ3) is 3.51. The van der Waals surface area contributed by atoms with E-state index in [1.807, 2.05) is 4.57 Å². The lowest BCUT2D eigenvalue weighted by atomic mass is 10.1. The Morgan fingerprint density at radius 1 is 1.08 bits per heavy atom. The molecule has 1 aromatic carbocycles. The number of aromatic nitrogens is 3. The Labute approximate surface area is 152 Å². The molecule has 2 aromatic rings. The summed E-state index contributed by atoms with van der Waals surface area (Å²) >= 11 is 0. The first kappa shape index (κ1) is 17.6. The van der Waals surface area contributed by atoms with E-state index in [9.17, 15) is 12.8 Å². The van der Waals surface area contributed by atoms with Crippen LogP contribution in [0.1, 0.15) is 31.5 Å². The van der Waals surface area contributed by atoms with Crippen LogP contribution < -0.4 is 4.72 Å². The molecule has 1 unspecified atom stereocenters. The van der Waals surface area contributed by atoms with Crippen molar-refractivity contribution in [1.82, 2.24) is 23.8 Å². The second-order valence-electron chi connectivity index (χ2n) is 6.88. The van der Waals surface area contributed by atoms with Crippen LogP contribution in [0.15, 0.2) is 24.3 Å². The summed E-state index contributed by atoms with van der Waals surface area (Å²) in [5.41, 5.74) is 0.768. The fraction of sp³-hybridized carbons (Fsp3) is 0.529. The maximum Gasteiger partial charge on any atom is 0.279 e. The lowest BCUT2D eigenvalue weighted by molar-refractivity contribution is 0.331. The largest absolute Gasteiger partial charge is 0.309 e. The van der Waals surface area contributed by atoms with Gasteiger partial charge in [0.05, 0.1) is 0 Å². The summed E-state index contributed by atoms with van der Waals surface area (Å²) in [6, 6.07) is 5.89. The molecule has 1 atom stereocenters. The van der Waals surface area contributed by atoms with Gasteiger partial charge in [0.15, 0.2) is 5.82 Å². The summed E-state index contributed by atoms with van der Waals surface area (Å²) in [6.45, 7) is 1.64. The zero-order valence-corrected chi connectivity index (χ0v) is 15.3. The number of halogens is 1. The fourth-order valence-electron chi connectivity index (χ4n) is 3.63. The van der Waals surface area contributed by atoms with Gasteiger partial charge in [0.2, 0.25) is 0 Å². The quantitative estimate of drug-likeness (QED) is 0.877. The second-order valence-corrected chi connectivity index (χ2v) is 8.58. The van der Waals surface area contributed by atoms with E-state index in [0.717, 1.165) is 30.7 Å². The number of benzene rings is 1. The van der Waals surface area contributed by atoms with E-state index in [1.165, 1.54) is 12.1 Å². The molecule has 0 saturated carbocycles. The number of nitrogens with one attached hydrogen (secondary N) is 1. The van der Waals surface area contributed by atoms with Crippen molar-refractivity contribution >= 4 is 10.2 Å². The average molecular weight is 379 g/mol. The van der Waals surface area contributed by atoms with Gasteiger partial charge in [0, 0.05) is 37.7 Å². The molecule has 0 amide bonds. The van der Waals surface area contributed by atoms with Crippen LogP contribution in [0.3, 0.4) is 0 Å². The van der Waals surface area contributed by atoms with Gasteiger partial charge in [-0.3, -0.25) is 0 Å². The molecule has 1 fully saturated rings. The molecule has 26 heavy (non-hydrogen) atoms. The molecule has 0 bridgehead atoms. The molecule has 0 radical (unpaired) electrons. The van der Waals surface area contributed by atoms with E-state index in [2.05, 4.69) is 14.9 Å². The van der Waals surface area contributed by atoms with Crippen LogP contribution in [0, 0.1) is 5.82 Å². The summed E-state index contributed by atoms with van der Waals surface area (Å²) in [5, 5.41) is 8.43. The molecule has 9 heteroatoms. The highest BCUT2D eigenvalue weighted by Gasteiger charge is 2.30. The van der Waals surface area contributed by atoms with E-state index >= 15 is 0 Å². The van der Waals surface area contributed by atoms with Crippen LogP contribution >= 0.6 is 0 Å². The fourth-order valence-corrected chi connectivity index (χ4v) is 5.13. The summed E-state index contributed by atoms with van der Waals surface area (Å²) in [4.78, 5) is 0. The van der Waals surface area contributed by atoms with Crippen molar-refractivity contribution in [2.75, 3.05) is 13.1 Å². The molecule has 3 heterocycles. The smallest absolute Gasteiger partial charge is 0.279 e. The summed E-state index contributed by atoms with van der Waals surface area (Å²) in [6.07, 6.45) is 4.25. The normalized spacial score (nSPS) is 21.5. The van der Waals surface area contributed by atoms with Gasteiger partial charge in [0.25, 0.3) is 10.2 Å². The Morgan fingerprint density at radius 3 is 2.54 bits per heavy atom. The molecular formula is C17H22FN5O2S. The Bertz CT molecular complexity index is 875. The number of nitrogens with zero attached hydrogens (tertiary/aromatic N) is 4. The molecule has 1 saturated heterocycles. The standard InChI is InChI=1S/C17H22FN5O2S/c18-14-6-4-13(5-7-14)17-20-19-16-9-8-15(12-23(16)17)21-26(24,25)22-10-2-1-3-11-22/h4-7,15,21H,1-3,8-12H2. The van der Waals surface area contributed by atoms with Gasteiger partial charge in [-0.1, -0.05) is 6.42 Å². The number of hydrogen-bond acceptors (Lipinski definition) is 4. The van der Waals surface area contributed by atoms with Gasteiger partial charge in [-0.05, 0) is 43.5 Å². The molecule has 7 nitrogen and oxygen atoms in total. The van der Waals surface area contributed by atoms with E-state index < -0.39 is 10.2 Å². The van der Waals surface area contributed by atoms with Crippen LogP contribution in [0.4, 0.5) is 4.39 Å². The van der Waals surface area contributed by atoms with Gasteiger partial charge < -0.3 is 4.57 Å². The molecule has 2 aliphatic heterocycles. The highest BCUT2D eigenvalue weighted by atomic mass is 32.2. The van der Waals surface area contributed by atoms with Gasteiger partial charge in [-0.2, -0.15) is 17.4 Å². The number of rotatable bonds is 4. The Kier molecular flexibility index (Phi) is 4.76. The summed E-state index contributed by atoms with van der Waals surface area (Å²) in [7, 11) is -3.47. The Balaban J connectivity index is 1.52. The first-order valence-corrected chi connectivity index (χ1v) is 10.4. The summed E-state index contributed by atoms with van der Waals surface area (Å²) < 4.78 is 44.7. The lowest BCUT2D eigenvalue weighted by Gasteiger charge is -2.30. The van der Waals surface area contributed by atoms with Crippen molar-refractivity contribution in [3.8, 4) is 11.4 Å². The maximum atomic E-state index is 13.2. The molecule has 0 aliphatic carbocycles. The van der Waals surface area contributed by atoms with E-state index in [-0.39, 0.29) is 11.9 Å². The Hall–Kier alpha value is -1.84. The van der Waals surface area contributed by atoms with Crippen LogP contribution in [-0.2, 0) is 23.2 Å². The SMILES string of the molecule is O=S(=O)(NC1CCc2nnc(-c3ccc(F)cc3)n2C1)N1CCCCC1. The molecule has 0 spiro atoms. The highest BCUT2D eigenvalue weighted by molar-refractivity contribution is 7.87. The predicted octanol–water partition coefficient (Wildman–Crippen LogP) is 1.72. The minimum atomic E-state index is -3.47. The number of hydrogen-bond donors (Lipinski definition) is 1. The van der Waals surface area contributed by atoms with Crippen molar-refractivity contribution in [2.45, 2.75) is 44.7 Å². The first-order valence-electron chi connectivity index (χ1n) is 8.98. The first-order chi connectivity index (χ1) is 12.5. The third-order valence-corrected chi connectivity index (χ3v) is 6.70.